The van der Waals surface area contributed by atoms with Gasteiger partial charge in [0.15, 0.2) is 0 Å². The topological polar surface area (TPSA) is 12.9 Å². The molecule has 3 heteroatoms. The summed E-state index contributed by atoms with van der Waals surface area (Å²) in [6, 6.07) is 0. The van der Waals surface area contributed by atoms with Crippen molar-refractivity contribution < 1.29 is 4.39 Å². The highest BCUT2D eigenvalue weighted by Gasteiger charge is 2.17. The Bertz CT molecular complexity index is 482. The fourth-order valence-electron chi connectivity index (χ4n) is 1.73. The molecule has 0 N–H and O–H groups in total. The van der Waals surface area contributed by atoms with Gasteiger partial charge in [0.05, 0.1) is 0 Å². The van der Waals surface area contributed by atoms with Gasteiger partial charge in [-0.3, -0.25) is 0 Å². The first-order valence-electron chi connectivity index (χ1n) is 5.77. The number of hydrogen-bond acceptors (Lipinski definition) is 2. The summed E-state index contributed by atoms with van der Waals surface area (Å²) < 4.78 is 13.7. The predicted octanol–water partition coefficient (Wildman–Crippen LogP) is 4.71. The number of aromatic nitrogens is 1. The van der Waals surface area contributed by atoms with Gasteiger partial charge in [-0.1, -0.05) is 26.0 Å². The monoisotopic (exact) mass is 249 g/mol. The van der Waals surface area contributed by atoms with E-state index in [0.29, 0.717) is 12.3 Å². The summed E-state index contributed by atoms with van der Waals surface area (Å²) in [5.41, 5.74) is 0.900. The summed E-state index contributed by atoms with van der Waals surface area (Å²) in [7, 11) is 0. The number of rotatable bonds is 3. The van der Waals surface area contributed by atoms with Crippen molar-refractivity contribution in [3.8, 4) is 0 Å². The molecule has 1 aromatic rings. The van der Waals surface area contributed by atoms with Gasteiger partial charge in [-0.15, -0.1) is 17.9 Å². The maximum atomic E-state index is 13.7. The Labute approximate surface area is 105 Å². The van der Waals surface area contributed by atoms with Gasteiger partial charge in [-0.25, -0.2) is 9.37 Å². The maximum Gasteiger partial charge on any atom is 0.123 e. The van der Waals surface area contributed by atoms with Gasteiger partial charge in [0.1, 0.15) is 10.8 Å². The quantitative estimate of drug-likeness (QED) is 0.707. The van der Waals surface area contributed by atoms with Crippen LogP contribution in [0.4, 0.5) is 4.39 Å². The van der Waals surface area contributed by atoms with Crippen LogP contribution in [0, 0.1) is 5.92 Å². The molecule has 0 amide bonds. The van der Waals surface area contributed by atoms with Crippen molar-refractivity contribution in [2.75, 3.05) is 0 Å². The second kappa shape index (κ2) is 4.96. The van der Waals surface area contributed by atoms with E-state index in [1.807, 2.05) is 12.3 Å². The van der Waals surface area contributed by atoms with E-state index >= 15 is 0 Å². The lowest BCUT2D eigenvalue weighted by Gasteiger charge is -2.13. The molecule has 2 rings (SSSR count). The van der Waals surface area contributed by atoms with Crippen LogP contribution in [0.1, 0.15) is 36.1 Å². The molecule has 0 fully saturated rings. The molecule has 0 radical (unpaired) electrons. The molecule has 0 saturated carbocycles. The molecule has 1 unspecified atom stereocenters. The summed E-state index contributed by atoms with van der Waals surface area (Å²) >= 11 is 1.64. The molecule has 17 heavy (non-hydrogen) atoms. The minimum atomic E-state index is -0.164. The first-order chi connectivity index (χ1) is 8.11. The van der Waals surface area contributed by atoms with E-state index in [4.69, 9.17) is 0 Å². The third kappa shape index (κ3) is 2.55. The highest BCUT2D eigenvalue weighted by atomic mass is 32.1. The smallest absolute Gasteiger partial charge is 0.123 e. The van der Waals surface area contributed by atoms with Gasteiger partial charge in [0, 0.05) is 22.6 Å². The van der Waals surface area contributed by atoms with Gasteiger partial charge in [-0.2, -0.15) is 0 Å². The van der Waals surface area contributed by atoms with Crippen LogP contribution in [0.2, 0.25) is 0 Å². The Balaban J connectivity index is 2.24. The van der Waals surface area contributed by atoms with Gasteiger partial charge < -0.3 is 0 Å². The van der Waals surface area contributed by atoms with Crippen LogP contribution in [0.25, 0.3) is 5.57 Å². The van der Waals surface area contributed by atoms with Crippen molar-refractivity contribution in [1.29, 1.82) is 0 Å². The van der Waals surface area contributed by atoms with Gasteiger partial charge in [0.25, 0.3) is 0 Å². The summed E-state index contributed by atoms with van der Waals surface area (Å²) in [5.74, 6) is 0.197. The Morgan fingerprint density at radius 3 is 2.88 bits per heavy atom. The van der Waals surface area contributed by atoms with Crippen molar-refractivity contribution in [3.63, 3.8) is 0 Å². The summed E-state index contributed by atoms with van der Waals surface area (Å²) in [6.45, 7) is 7.91. The van der Waals surface area contributed by atoms with Crippen molar-refractivity contribution >= 4 is 16.9 Å². The molecule has 1 atom stereocenters. The minimum absolute atomic E-state index is 0.112. The second-order valence-corrected chi connectivity index (χ2v) is 5.55. The van der Waals surface area contributed by atoms with Crippen LogP contribution >= 0.6 is 11.3 Å². The number of hydrogen-bond donors (Lipinski definition) is 0. The average Bonchev–Trinajstić information content (AvgIpc) is 2.78. The molecule has 0 saturated heterocycles. The zero-order valence-corrected chi connectivity index (χ0v) is 10.9. The van der Waals surface area contributed by atoms with E-state index in [9.17, 15) is 4.39 Å². The average molecular weight is 249 g/mol. The third-order valence-electron chi connectivity index (χ3n) is 2.86. The Kier molecular flexibility index (Phi) is 3.57. The summed E-state index contributed by atoms with van der Waals surface area (Å²) in [5, 5.41) is 0.909. The largest absolute Gasteiger partial charge is 0.244 e. The van der Waals surface area contributed by atoms with Crippen molar-refractivity contribution in [1.82, 2.24) is 4.98 Å². The van der Waals surface area contributed by atoms with Crippen LogP contribution in [-0.4, -0.2) is 4.98 Å². The van der Waals surface area contributed by atoms with Crippen molar-refractivity contribution in [2.45, 2.75) is 26.2 Å². The highest BCUT2D eigenvalue weighted by Crippen LogP contribution is 2.33. The van der Waals surface area contributed by atoms with E-state index in [0.717, 1.165) is 10.6 Å². The number of thiazole rings is 1. The lowest BCUT2D eigenvalue weighted by atomic mass is 9.96. The van der Waals surface area contributed by atoms with Crippen LogP contribution in [0.5, 0.6) is 0 Å². The number of allylic oxidation sites excluding steroid dienone is 5. The lowest BCUT2D eigenvalue weighted by Crippen LogP contribution is -2.00. The molecule has 0 aliphatic heterocycles. The Morgan fingerprint density at radius 1 is 1.59 bits per heavy atom. The van der Waals surface area contributed by atoms with Crippen molar-refractivity contribution in [2.24, 2.45) is 5.92 Å². The van der Waals surface area contributed by atoms with Gasteiger partial charge >= 0.3 is 0 Å². The molecule has 1 heterocycles. The van der Waals surface area contributed by atoms with E-state index in [-0.39, 0.29) is 11.7 Å². The first-order valence-corrected chi connectivity index (χ1v) is 6.59. The summed E-state index contributed by atoms with van der Waals surface area (Å²) in [4.78, 5) is 5.60. The van der Waals surface area contributed by atoms with Gasteiger partial charge in [0.2, 0.25) is 0 Å². The Morgan fingerprint density at radius 2 is 2.35 bits per heavy atom. The van der Waals surface area contributed by atoms with E-state index in [2.05, 4.69) is 25.4 Å². The standard InChI is InChI=1S/C14H16FNS/c1-4-10-5-6-11(7-12(10)15)14-16-8-13(17-14)9(2)3/h4,6-10H,1,5H2,2-3H3. The van der Waals surface area contributed by atoms with E-state index in [1.54, 1.807) is 23.5 Å². The number of nitrogens with zero attached hydrogens (tertiary/aromatic N) is 1. The first kappa shape index (κ1) is 12.2. The van der Waals surface area contributed by atoms with E-state index < -0.39 is 0 Å². The molecule has 90 valence electrons. The van der Waals surface area contributed by atoms with Crippen LogP contribution in [0.3, 0.4) is 0 Å². The molecule has 1 aliphatic carbocycles. The zero-order chi connectivity index (χ0) is 12.4. The molecule has 0 aromatic carbocycles. The fraction of sp³-hybridized carbons (Fsp3) is 0.357. The third-order valence-corrected chi connectivity index (χ3v) is 4.21. The molecule has 0 bridgehead atoms. The molecule has 0 spiro atoms. The minimum Gasteiger partial charge on any atom is -0.244 e. The predicted molar refractivity (Wildman–Crippen MR) is 71.7 cm³/mol. The highest BCUT2D eigenvalue weighted by molar-refractivity contribution is 7.12. The molecular formula is C14H16FNS. The van der Waals surface area contributed by atoms with Crippen LogP contribution < -0.4 is 0 Å². The summed E-state index contributed by atoms with van der Waals surface area (Å²) in [6.07, 6.45) is 7.84. The molecule has 1 aliphatic rings. The lowest BCUT2D eigenvalue weighted by molar-refractivity contribution is 0.525. The van der Waals surface area contributed by atoms with Crippen molar-refractivity contribution in [3.05, 3.63) is 46.7 Å². The maximum absolute atomic E-state index is 13.7. The SMILES string of the molecule is C=CC1CC=C(c2ncc(C(C)C)s2)C=C1F. The molecule has 1 aromatic heterocycles. The normalized spacial score (nSPS) is 20.1. The zero-order valence-electron chi connectivity index (χ0n) is 10.1. The number of halogens is 1. The van der Waals surface area contributed by atoms with Crippen LogP contribution in [-0.2, 0) is 0 Å². The van der Waals surface area contributed by atoms with Gasteiger partial charge in [-0.05, 0) is 18.4 Å². The second-order valence-electron chi connectivity index (χ2n) is 4.49. The molecular weight excluding hydrogens is 233 g/mol. The van der Waals surface area contributed by atoms with E-state index in [1.165, 1.54) is 4.88 Å². The fourth-order valence-corrected chi connectivity index (χ4v) is 2.66. The van der Waals surface area contributed by atoms with Crippen LogP contribution in [0.15, 0.2) is 36.8 Å². The molecule has 1 nitrogen and oxygen atoms in total. The Hall–Kier alpha value is -1.22.